The first kappa shape index (κ1) is 16.0. The zero-order valence-electron chi connectivity index (χ0n) is 11.9. The van der Waals surface area contributed by atoms with Crippen LogP contribution >= 0.6 is 23.2 Å². The molecule has 0 spiro atoms. The largest absolute Gasteiger partial charge is 0.339 e. The quantitative estimate of drug-likeness (QED) is 0.801. The molecule has 0 unspecified atom stereocenters. The Hall–Kier alpha value is -1.39. The van der Waals surface area contributed by atoms with Crippen LogP contribution in [0.4, 0.5) is 0 Å². The smallest absolute Gasteiger partial charge is 0.234 e. The maximum absolute atomic E-state index is 11.7. The lowest BCUT2D eigenvalue weighted by atomic mass is 10.1. The van der Waals surface area contributed by atoms with Gasteiger partial charge in [0.1, 0.15) is 5.78 Å². The van der Waals surface area contributed by atoms with E-state index >= 15 is 0 Å². The summed E-state index contributed by atoms with van der Waals surface area (Å²) in [5.74, 6) is 1.32. The molecule has 0 saturated heterocycles. The number of aromatic nitrogens is 2. The molecule has 0 aliphatic rings. The van der Waals surface area contributed by atoms with Gasteiger partial charge in [-0.15, -0.1) is 0 Å². The van der Waals surface area contributed by atoms with Crippen LogP contribution in [0.3, 0.4) is 0 Å². The fourth-order valence-corrected chi connectivity index (χ4v) is 2.28. The van der Waals surface area contributed by atoms with Crippen molar-refractivity contribution in [2.45, 2.75) is 33.1 Å². The summed E-state index contributed by atoms with van der Waals surface area (Å²) in [6, 6.07) is 5.35. The van der Waals surface area contributed by atoms with Crippen LogP contribution in [0.5, 0.6) is 0 Å². The minimum absolute atomic E-state index is 0.106. The Labute approximate surface area is 133 Å². The van der Waals surface area contributed by atoms with E-state index in [1.807, 2.05) is 19.9 Å². The molecule has 0 atom stereocenters. The van der Waals surface area contributed by atoms with Crippen molar-refractivity contribution in [3.8, 4) is 0 Å². The maximum atomic E-state index is 11.7. The van der Waals surface area contributed by atoms with Crippen LogP contribution in [-0.2, 0) is 17.6 Å². The number of carbonyl (C=O) groups is 1. The van der Waals surface area contributed by atoms with E-state index in [0.717, 1.165) is 5.56 Å². The van der Waals surface area contributed by atoms with E-state index in [1.165, 1.54) is 0 Å². The highest BCUT2D eigenvalue weighted by molar-refractivity contribution is 6.42. The minimum atomic E-state index is 0.106. The lowest BCUT2D eigenvalue weighted by Crippen LogP contribution is -2.06. The second kappa shape index (κ2) is 7.05. The van der Waals surface area contributed by atoms with Gasteiger partial charge in [-0.2, -0.15) is 4.98 Å². The van der Waals surface area contributed by atoms with Gasteiger partial charge in [-0.3, -0.25) is 4.79 Å². The summed E-state index contributed by atoms with van der Waals surface area (Å²) in [5.41, 5.74) is 0.935. The van der Waals surface area contributed by atoms with E-state index in [4.69, 9.17) is 27.7 Å². The first-order valence-corrected chi connectivity index (χ1v) is 7.46. The average molecular weight is 327 g/mol. The summed E-state index contributed by atoms with van der Waals surface area (Å²) < 4.78 is 5.10. The zero-order chi connectivity index (χ0) is 15.4. The highest BCUT2D eigenvalue weighted by atomic mass is 35.5. The van der Waals surface area contributed by atoms with Gasteiger partial charge in [-0.1, -0.05) is 48.3 Å². The van der Waals surface area contributed by atoms with E-state index in [1.54, 1.807) is 12.1 Å². The number of Topliss-reactive ketones (excluding diaryl/α,β-unsaturated/α-hetero) is 1. The van der Waals surface area contributed by atoms with Crippen LogP contribution in [0.25, 0.3) is 0 Å². The molecule has 1 aromatic heterocycles. The van der Waals surface area contributed by atoms with Gasteiger partial charge in [-0.25, -0.2) is 0 Å². The van der Waals surface area contributed by atoms with Gasteiger partial charge in [0, 0.05) is 12.8 Å². The number of carbonyl (C=O) groups excluding carboxylic acids is 1. The fraction of sp³-hybridized carbons (Fsp3) is 0.400. The molecule has 0 saturated carbocycles. The SMILES string of the molecule is CC(C)CC(=O)Cc1nc(Cc2ccc(Cl)c(Cl)c2)no1. The topological polar surface area (TPSA) is 56.0 Å². The summed E-state index contributed by atoms with van der Waals surface area (Å²) in [6.45, 7) is 4.00. The van der Waals surface area contributed by atoms with Gasteiger partial charge >= 0.3 is 0 Å². The molecule has 0 N–H and O–H groups in total. The first-order valence-electron chi connectivity index (χ1n) is 6.71. The molecule has 0 aliphatic carbocycles. The molecule has 112 valence electrons. The van der Waals surface area contributed by atoms with Crippen molar-refractivity contribution in [1.29, 1.82) is 0 Å². The van der Waals surface area contributed by atoms with E-state index in [2.05, 4.69) is 10.1 Å². The van der Waals surface area contributed by atoms with Crippen LogP contribution in [0.2, 0.25) is 10.0 Å². The molecule has 2 rings (SSSR count). The molecule has 0 aliphatic heterocycles. The number of ketones is 1. The Bertz CT molecular complexity index is 638. The summed E-state index contributed by atoms with van der Waals surface area (Å²) in [6.07, 6.45) is 1.19. The number of hydrogen-bond donors (Lipinski definition) is 0. The molecular weight excluding hydrogens is 311 g/mol. The monoisotopic (exact) mass is 326 g/mol. The number of nitrogens with zero attached hydrogens (tertiary/aromatic N) is 2. The minimum Gasteiger partial charge on any atom is -0.339 e. The third kappa shape index (κ3) is 4.83. The molecule has 4 nitrogen and oxygen atoms in total. The third-order valence-corrected chi connectivity index (χ3v) is 3.58. The van der Waals surface area contributed by atoms with E-state index in [9.17, 15) is 4.79 Å². The van der Waals surface area contributed by atoms with E-state index < -0.39 is 0 Å². The third-order valence-electron chi connectivity index (χ3n) is 2.84. The van der Waals surface area contributed by atoms with Gasteiger partial charge in [-0.05, 0) is 23.6 Å². The van der Waals surface area contributed by atoms with Gasteiger partial charge in [0.15, 0.2) is 5.82 Å². The van der Waals surface area contributed by atoms with Crippen LogP contribution in [0, 0.1) is 5.92 Å². The number of rotatable bonds is 6. The average Bonchev–Trinajstić information content (AvgIpc) is 2.80. The molecular formula is C15H16Cl2N2O2. The van der Waals surface area contributed by atoms with Crippen LogP contribution < -0.4 is 0 Å². The highest BCUT2D eigenvalue weighted by Crippen LogP contribution is 2.23. The summed E-state index contributed by atoms with van der Waals surface area (Å²) in [7, 11) is 0. The molecule has 0 fully saturated rings. The lowest BCUT2D eigenvalue weighted by molar-refractivity contribution is -0.119. The predicted molar refractivity (Wildman–Crippen MR) is 81.7 cm³/mol. The summed E-state index contributed by atoms with van der Waals surface area (Å²) in [4.78, 5) is 15.9. The molecule has 1 aromatic carbocycles. The second-order valence-electron chi connectivity index (χ2n) is 5.34. The lowest BCUT2D eigenvalue weighted by Gasteiger charge is -2.00. The standard InChI is InChI=1S/C15H16Cl2N2O2/c1-9(2)5-11(20)8-15-18-14(19-21-15)7-10-3-4-12(16)13(17)6-10/h3-4,6,9H,5,7-8H2,1-2H3. The van der Waals surface area contributed by atoms with Crippen molar-refractivity contribution in [3.05, 3.63) is 45.5 Å². The van der Waals surface area contributed by atoms with Crippen LogP contribution in [0.1, 0.15) is 37.5 Å². The fourth-order valence-electron chi connectivity index (χ4n) is 1.96. The van der Waals surface area contributed by atoms with Gasteiger partial charge in [0.2, 0.25) is 5.89 Å². The molecule has 0 bridgehead atoms. The van der Waals surface area contributed by atoms with Crippen LogP contribution in [-0.4, -0.2) is 15.9 Å². The van der Waals surface area contributed by atoms with Gasteiger partial charge in [0.05, 0.1) is 16.5 Å². The summed E-state index contributed by atoms with van der Waals surface area (Å²) in [5, 5.41) is 4.88. The predicted octanol–water partition coefficient (Wildman–Crippen LogP) is 4.12. The number of benzene rings is 1. The molecule has 0 amide bonds. The Morgan fingerprint density at radius 2 is 2.05 bits per heavy atom. The first-order chi connectivity index (χ1) is 9.94. The van der Waals surface area contributed by atoms with Crippen molar-refractivity contribution in [3.63, 3.8) is 0 Å². The van der Waals surface area contributed by atoms with Crippen molar-refractivity contribution in [2.75, 3.05) is 0 Å². The Balaban J connectivity index is 1.99. The highest BCUT2D eigenvalue weighted by Gasteiger charge is 2.13. The maximum Gasteiger partial charge on any atom is 0.234 e. The van der Waals surface area contributed by atoms with Gasteiger partial charge in [0.25, 0.3) is 0 Å². The molecule has 1 heterocycles. The van der Waals surface area contributed by atoms with E-state index in [0.29, 0.717) is 40.5 Å². The second-order valence-corrected chi connectivity index (χ2v) is 6.16. The Kier molecular flexibility index (Phi) is 5.37. The van der Waals surface area contributed by atoms with Crippen molar-refractivity contribution < 1.29 is 9.32 Å². The van der Waals surface area contributed by atoms with E-state index in [-0.39, 0.29) is 12.2 Å². The van der Waals surface area contributed by atoms with Crippen molar-refractivity contribution in [1.82, 2.24) is 10.1 Å². The number of halogens is 2. The van der Waals surface area contributed by atoms with Crippen LogP contribution in [0.15, 0.2) is 22.7 Å². The summed E-state index contributed by atoms with van der Waals surface area (Å²) >= 11 is 11.8. The van der Waals surface area contributed by atoms with Gasteiger partial charge < -0.3 is 4.52 Å². The normalized spacial score (nSPS) is 11.1. The van der Waals surface area contributed by atoms with Crippen molar-refractivity contribution >= 4 is 29.0 Å². The molecule has 6 heteroatoms. The Morgan fingerprint density at radius 3 is 2.71 bits per heavy atom. The molecule has 2 aromatic rings. The number of hydrogen-bond acceptors (Lipinski definition) is 4. The zero-order valence-corrected chi connectivity index (χ0v) is 13.4. The molecule has 21 heavy (non-hydrogen) atoms. The molecule has 0 radical (unpaired) electrons. The Morgan fingerprint density at radius 1 is 1.29 bits per heavy atom. The van der Waals surface area contributed by atoms with Crippen molar-refractivity contribution in [2.24, 2.45) is 5.92 Å².